The molecule has 2 aromatic rings. The predicted molar refractivity (Wildman–Crippen MR) is 130 cm³/mol. The second-order valence-electron chi connectivity index (χ2n) is 10.9. The van der Waals surface area contributed by atoms with Gasteiger partial charge in [-0.25, -0.2) is 0 Å². The van der Waals surface area contributed by atoms with Crippen LogP contribution in [-0.4, -0.2) is 24.2 Å². The normalized spacial score (nSPS) is 22.4. The molecule has 0 aromatic heterocycles. The van der Waals surface area contributed by atoms with Crippen LogP contribution in [0.15, 0.2) is 36.4 Å². The molecule has 2 fully saturated rings. The third-order valence-corrected chi connectivity index (χ3v) is 8.25. The summed E-state index contributed by atoms with van der Waals surface area (Å²) in [5.74, 6) is 0.100. The summed E-state index contributed by atoms with van der Waals surface area (Å²) in [7, 11) is -0.435. The number of rotatable bonds is 5. The van der Waals surface area contributed by atoms with E-state index in [1.165, 1.54) is 31.2 Å². The van der Waals surface area contributed by atoms with Crippen LogP contribution in [0.25, 0.3) is 0 Å². The van der Waals surface area contributed by atoms with E-state index in [0.29, 0.717) is 12.0 Å². The third-order valence-electron chi connectivity index (χ3n) is 8.25. The van der Waals surface area contributed by atoms with Gasteiger partial charge in [0.1, 0.15) is 0 Å². The van der Waals surface area contributed by atoms with Gasteiger partial charge in [0.25, 0.3) is 5.91 Å². The lowest BCUT2D eigenvalue weighted by atomic mass is 9.75. The van der Waals surface area contributed by atoms with Crippen LogP contribution in [0.4, 0.5) is 5.69 Å². The average molecular weight is 431 g/mol. The van der Waals surface area contributed by atoms with Crippen LogP contribution >= 0.6 is 0 Å². The molecule has 1 amide bonds. The van der Waals surface area contributed by atoms with Gasteiger partial charge >= 0.3 is 7.12 Å². The van der Waals surface area contributed by atoms with Gasteiger partial charge in [-0.2, -0.15) is 0 Å². The van der Waals surface area contributed by atoms with Gasteiger partial charge in [-0.15, -0.1) is 0 Å². The van der Waals surface area contributed by atoms with Crippen molar-refractivity contribution < 1.29 is 14.1 Å². The first-order chi connectivity index (χ1) is 15.1. The molecule has 2 aromatic carbocycles. The van der Waals surface area contributed by atoms with E-state index in [9.17, 15) is 4.79 Å². The van der Waals surface area contributed by atoms with Crippen molar-refractivity contribution in [2.75, 3.05) is 4.90 Å². The highest BCUT2D eigenvalue weighted by Crippen LogP contribution is 2.52. The number of nitrogens with zero attached hydrogens (tertiary/aromatic N) is 1. The molecule has 2 heterocycles. The number of benzene rings is 2. The van der Waals surface area contributed by atoms with Crippen molar-refractivity contribution in [1.29, 1.82) is 0 Å². The highest BCUT2D eigenvalue weighted by Gasteiger charge is 2.52. The Bertz CT molecular complexity index is 1070. The van der Waals surface area contributed by atoms with Crippen molar-refractivity contribution in [2.45, 2.75) is 90.4 Å². The second-order valence-corrected chi connectivity index (χ2v) is 10.9. The number of carbonyl (C=O) groups is 1. The van der Waals surface area contributed by atoms with Crippen LogP contribution in [0.2, 0.25) is 0 Å². The Morgan fingerprint density at radius 2 is 1.72 bits per heavy atom. The molecule has 2 aliphatic heterocycles. The quantitative estimate of drug-likeness (QED) is 0.605. The van der Waals surface area contributed by atoms with Gasteiger partial charge < -0.3 is 14.2 Å². The molecule has 0 spiro atoms. The molecule has 1 saturated carbocycles. The minimum Gasteiger partial charge on any atom is -0.399 e. The number of hydrogen-bond acceptors (Lipinski definition) is 3. The van der Waals surface area contributed by atoms with Crippen LogP contribution in [0, 0.1) is 6.92 Å². The van der Waals surface area contributed by atoms with E-state index < -0.39 is 18.3 Å². The molecule has 0 radical (unpaired) electrons. The van der Waals surface area contributed by atoms with E-state index in [4.69, 9.17) is 9.31 Å². The van der Waals surface area contributed by atoms with E-state index >= 15 is 0 Å². The topological polar surface area (TPSA) is 38.8 Å². The Morgan fingerprint density at radius 3 is 2.34 bits per heavy atom. The first-order valence-electron chi connectivity index (χ1n) is 12.0. The number of carbonyl (C=O) groups excluding carboxylic acids is 1. The molecule has 0 N–H and O–H groups in total. The molecule has 5 heteroatoms. The average Bonchev–Trinajstić information content (AvgIpc) is 3.39. The molecule has 0 atom stereocenters. The van der Waals surface area contributed by atoms with Crippen molar-refractivity contribution in [3.8, 4) is 0 Å². The number of fused-ring (bicyclic) bond motifs is 1. The van der Waals surface area contributed by atoms with Crippen LogP contribution < -0.4 is 10.4 Å². The fourth-order valence-corrected chi connectivity index (χ4v) is 5.30. The zero-order valence-corrected chi connectivity index (χ0v) is 20.2. The maximum atomic E-state index is 13.5. The Morgan fingerprint density at radius 1 is 1.03 bits per heavy atom. The number of amides is 1. The summed E-state index contributed by atoms with van der Waals surface area (Å²) >= 11 is 0. The highest BCUT2D eigenvalue weighted by molar-refractivity contribution is 6.62. The van der Waals surface area contributed by atoms with E-state index in [1.807, 2.05) is 23.1 Å². The fraction of sp³-hybridized carbons (Fsp3) is 0.519. The summed E-state index contributed by atoms with van der Waals surface area (Å²) in [6.07, 6.45) is 4.88. The van der Waals surface area contributed by atoms with Crippen molar-refractivity contribution >= 4 is 24.2 Å². The molecular weight excluding hydrogens is 397 g/mol. The minimum atomic E-state index is -0.435. The summed E-state index contributed by atoms with van der Waals surface area (Å²) in [5, 5.41) is 0. The van der Waals surface area contributed by atoms with Gasteiger partial charge in [0, 0.05) is 11.3 Å². The number of anilines is 1. The van der Waals surface area contributed by atoms with E-state index in [1.54, 1.807) is 0 Å². The molecule has 0 unspecified atom stereocenters. The summed E-state index contributed by atoms with van der Waals surface area (Å²) in [6, 6.07) is 12.7. The zero-order chi connectivity index (χ0) is 22.9. The van der Waals surface area contributed by atoms with Crippen LogP contribution in [0.3, 0.4) is 0 Å². The van der Waals surface area contributed by atoms with Crippen molar-refractivity contribution in [1.82, 2.24) is 0 Å². The standard InChI is InChI=1S/C27H34BNO3/c1-7-13-27(14-15-27)20-12-11-19-17-29(24(30)21(19)16-20)23-10-8-9-22(18(23)2)28-31-25(3,4)26(5,6)32-28/h8-12,16H,7,13-15,17H2,1-6H3. The second kappa shape index (κ2) is 7.20. The van der Waals surface area contributed by atoms with E-state index in [2.05, 4.69) is 59.7 Å². The molecule has 5 rings (SSSR count). The Balaban J connectivity index is 1.45. The lowest BCUT2D eigenvalue weighted by Crippen LogP contribution is -2.41. The van der Waals surface area contributed by atoms with Gasteiger partial charge in [0.2, 0.25) is 0 Å². The largest absolute Gasteiger partial charge is 0.495 e. The molecule has 32 heavy (non-hydrogen) atoms. The zero-order valence-electron chi connectivity index (χ0n) is 20.2. The minimum absolute atomic E-state index is 0.100. The molecule has 4 nitrogen and oxygen atoms in total. The fourth-order valence-electron chi connectivity index (χ4n) is 5.30. The Kier molecular flexibility index (Phi) is 4.89. The van der Waals surface area contributed by atoms with Crippen LogP contribution in [0.5, 0.6) is 0 Å². The summed E-state index contributed by atoms with van der Waals surface area (Å²) in [4.78, 5) is 15.4. The molecular formula is C27H34BNO3. The molecule has 3 aliphatic rings. The highest BCUT2D eigenvalue weighted by atomic mass is 16.7. The van der Waals surface area contributed by atoms with Crippen LogP contribution in [-0.2, 0) is 21.3 Å². The maximum Gasteiger partial charge on any atom is 0.495 e. The summed E-state index contributed by atoms with van der Waals surface area (Å²) in [5.41, 5.74) is 5.82. The Hall–Kier alpha value is -2.11. The summed E-state index contributed by atoms with van der Waals surface area (Å²) < 4.78 is 12.6. The molecule has 1 aliphatic carbocycles. The first-order valence-corrected chi connectivity index (χ1v) is 12.0. The lowest BCUT2D eigenvalue weighted by molar-refractivity contribution is 0.00578. The summed E-state index contributed by atoms with van der Waals surface area (Å²) in [6.45, 7) is 13.2. The van der Waals surface area contributed by atoms with E-state index in [-0.39, 0.29) is 5.91 Å². The Labute approximate surface area is 192 Å². The van der Waals surface area contributed by atoms with Crippen LogP contribution in [0.1, 0.15) is 87.4 Å². The maximum absolute atomic E-state index is 13.5. The van der Waals surface area contributed by atoms with Gasteiger partial charge in [-0.1, -0.05) is 37.6 Å². The predicted octanol–water partition coefficient (Wildman–Crippen LogP) is 5.29. The van der Waals surface area contributed by atoms with Gasteiger partial charge in [0.05, 0.1) is 17.7 Å². The third kappa shape index (κ3) is 3.24. The van der Waals surface area contributed by atoms with Crippen molar-refractivity contribution in [3.05, 3.63) is 58.7 Å². The van der Waals surface area contributed by atoms with Gasteiger partial charge in [-0.05, 0) is 93.6 Å². The SMILES string of the molecule is CCCC1(c2ccc3c(c2)C(=O)N(c2cccc(B4OC(C)(C)C(C)(C)O4)c2C)C3)CC1. The molecule has 0 bridgehead atoms. The van der Waals surface area contributed by atoms with Gasteiger partial charge in [0.15, 0.2) is 0 Å². The number of hydrogen-bond donors (Lipinski definition) is 0. The van der Waals surface area contributed by atoms with Crippen molar-refractivity contribution in [2.24, 2.45) is 0 Å². The smallest absolute Gasteiger partial charge is 0.399 e. The van der Waals surface area contributed by atoms with E-state index in [0.717, 1.165) is 27.8 Å². The molecule has 1 saturated heterocycles. The molecule has 168 valence electrons. The monoisotopic (exact) mass is 431 g/mol. The lowest BCUT2D eigenvalue weighted by Gasteiger charge is -2.32. The first kappa shape index (κ1) is 21.7. The van der Waals surface area contributed by atoms with Crippen molar-refractivity contribution in [3.63, 3.8) is 0 Å². The van der Waals surface area contributed by atoms with Gasteiger partial charge in [-0.3, -0.25) is 4.79 Å².